The summed E-state index contributed by atoms with van der Waals surface area (Å²) in [4.78, 5) is 23.4. The number of para-hydroxylation sites is 1. The van der Waals surface area contributed by atoms with Crippen molar-refractivity contribution in [1.29, 1.82) is 0 Å². The van der Waals surface area contributed by atoms with E-state index < -0.39 is 0 Å². The number of H-pyrrole nitrogens is 1. The maximum Gasteiger partial charge on any atom is 0.251 e. The van der Waals surface area contributed by atoms with Crippen LogP contribution in [0.5, 0.6) is 0 Å². The van der Waals surface area contributed by atoms with Crippen LogP contribution in [-0.2, 0) is 4.79 Å². The topological polar surface area (TPSA) is 98.9 Å². The fourth-order valence-electron chi connectivity index (χ4n) is 3.36. The number of aromatic amines is 1. The van der Waals surface area contributed by atoms with Crippen LogP contribution >= 0.6 is 11.6 Å². The van der Waals surface area contributed by atoms with Crippen molar-refractivity contribution in [2.75, 3.05) is 18.4 Å². The van der Waals surface area contributed by atoms with Crippen LogP contribution in [0, 0.1) is 0 Å². The first-order valence-corrected chi connectivity index (χ1v) is 10.5. The molecular formula is C24H22ClN5O2. The van der Waals surface area contributed by atoms with Crippen molar-refractivity contribution in [3.8, 4) is 11.3 Å². The molecule has 0 aliphatic carbocycles. The molecule has 0 saturated carbocycles. The average Bonchev–Trinajstić information content (AvgIpc) is 3.21. The van der Waals surface area contributed by atoms with Crippen molar-refractivity contribution in [1.82, 2.24) is 20.8 Å². The van der Waals surface area contributed by atoms with Gasteiger partial charge in [0.15, 0.2) is 0 Å². The maximum atomic E-state index is 12.4. The van der Waals surface area contributed by atoms with Gasteiger partial charge in [0.2, 0.25) is 5.91 Å². The van der Waals surface area contributed by atoms with Gasteiger partial charge in [-0.25, -0.2) is 0 Å². The molecule has 0 bridgehead atoms. The van der Waals surface area contributed by atoms with Gasteiger partial charge in [-0.1, -0.05) is 35.9 Å². The van der Waals surface area contributed by atoms with Crippen molar-refractivity contribution in [3.63, 3.8) is 0 Å². The molecule has 4 N–H and O–H groups in total. The lowest BCUT2D eigenvalue weighted by atomic mass is 10.0. The monoisotopic (exact) mass is 447 g/mol. The van der Waals surface area contributed by atoms with Crippen LogP contribution < -0.4 is 16.0 Å². The van der Waals surface area contributed by atoms with E-state index in [1.807, 2.05) is 54.6 Å². The minimum Gasteiger partial charge on any atom is -0.355 e. The number of fused-ring (bicyclic) bond motifs is 1. The lowest BCUT2D eigenvalue weighted by Crippen LogP contribution is -2.33. The minimum atomic E-state index is -0.205. The van der Waals surface area contributed by atoms with Gasteiger partial charge in [0, 0.05) is 42.2 Å². The van der Waals surface area contributed by atoms with Gasteiger partial charge in [0.1, 0.15) is 0 Å². The first kappa shape index (κ1) is 21.4. The van der Waals surface area contributed by atoms with Gasteiger partial charge in [0.25, 0.3) is 5.91 Å². The highest BCUT2D eigenvalue weighted by Crippen LogP contribution is 2.31. The summed E-state index contributed by atoms with van der Waals surface area (Å²) in [5.41, 5.74) is 4.69. The zero-order chi connectivity index (χ0) is 22.5. The van der Waals surface area contributed by atoms with Gasteiger partial charge in [-0.05, 0) is 42.5 Å². The Morgan fingerprint density at radius 1 is 0.969 bits per heavy atom. The summed E-state index contributed by atoms with van der Waals surface area (Å²) in [6.07, 6.45) is 0. The lowest BCUT2D eigenvalue weighted by molar-refractivity contribution is -0.118. The predicted octanol–water partition coefficient (Wildman–Crippen LogP) is 4.49. The number of carbonyl (C=O) groups is 2. The normalized spacial score (nSPS) is 10.7. The minimum absolute atomic E-state index is 0.128. The largest absolute Gasteiger partial charge is 0.355 e. The quantitative estimate of drug-likeness (QED) is 0.313. The number of hydrogen-bond donors (Lipinski definition) is 4. The number of carbonyl (C=O) groups excluding carboxylic acids is 2. The molecule has 32 heavy (non-hydrogen) atoms. The SMILES string of the molecule is CC(=O)NCCNC(=O)c1cccc(-c2n[nH]c3cc(Nc4ccccc4Cl)ccc23)c1. The summed E-state index contributed by atoms with van der Waals surface area (Å²) in [6.45, 7) is 2.18. The third kappa shape index (κ3) is 4.90. The van der Waals surface area contributed by atoms with Gasteiger partial charge in [-0.15, -0.1) is 0 Å². The maximum absolute atomic E-state index is 12.4. The molecule has 1 heterocycles. The molecule has 0 unspecified atom stereocenters. The zero-order valence-electron chi connectivity index (χ0n) is 17.4. The van der Waals surface area contributed by atoms with Crippen LogP contribution in [0.1, 0.15) is 17.3 Å². The van der Waals surface area contributed by atoms with E-state index in [2.05, 4.69) is 26.1 Å². The van der Waals surface area contributed by atoms with E-state index >= 15 is 0 Å². The Bertz CT molecular complexity index is 1280. The Labute approximate surface area is 190 Å². The average molecular weight is 448 g/mol. The Kier molecular flexibility index (Phi) is 6.37. The Morgan fingerprint density at radius 3 is 2.59 bits per heavy atom. The van der Waals surface area contributed by atoms with Gasteiger partial charge in [-0.2, -0.15) is 5.10 Å². The molecule has 0 spiro atoms. The number of anilines is 2. The molecule has 0 atom stereocenters. The Hall–Kier alpha value is -3.84. The lowest BCUT2D eigenvalue weighted by Gasteiger charge is -2.08. The molecule has 0 radical (unpaired) electrons. The summed E-state index contributed by atoms with van der Waals surface area (Å²) in [5.74, 6) is -0.333. The van der Waals surface area contributed by atoms with Crippen molar-refractivity contribution < 1.29 is 9.59 Å². The number of aromatic nitrogens is 2. The third-order valence-electron chi connectivity index (χ3n) is 4.90. The molecule has 0 aliphatic rings. The highest BCUT2D eigenvalue weighted by molar-refractivity contribution is 6.33. The first-order chi connectivity index (χ1) is 15.5. The van der Waals surface area contributed by atoms with Crippen LogP contribution in [0.25, 0.3) is 22.2 Å². The van der Waals surface area contributed by atoms with Crippen molar-refractivity contribution >= 4 is 45.7 Å². The van der Waals surface area contributed by atoms with E-state index in [-0.39, 0.29) is 11.8 Å². The second kappa shape index (κ2) is 9.53. The summed E-state index contributed by atoms with van der Waals surface area (Å²) >= 11 is 6.24. The number of rotatable bonds is 7. The molecule has 3 aromatic carbocycles. The van der Waals surface area contributed by atoms with Crippen molar-refractivity contribution in [2.24, 2.45) is 0 Å². The molecule has 162 valence electrons. The molecular weight excluding hydrogens is 426 g/mol. The second-order valence-electron chi connectivity index (χ2n) is 7.26. The molecule has 2 amide bonds. The van der Waals surface area contributed by atoms with E-state index in [1.54, 1.807) is 12.1 Å². The van der Waals surface area contributed by atoms with E-state index in [0.717, 1.165) is 33.5 Å². The second-order valence-corrected chi connectivity index (χ2v) is 7.66. The van der Waals surface area contributed by atoms with E-state index in [0.29, 0.717) is 23.7 Å². The van der Waals surface area contributed by atoms with Crippen LogP contribution in [0.2, 0.25) is 5.02 Å². The molecule has 4 aromatic rings. The molecule has 0 aliphatic heterocycles. The highest BCUT2D eigenvalue weighted by Gasteiger charge is 2.12. The fraction of sp³-hybridized carbons (Fsp3) is 0.125. The standard InChI is InChI=1S/C24H22ClN5O2/c1-15(31)26-11-12-27-24(32)17-6-4-5-16(13-17)23-19-10-9-18(14-22(19)29-30-23)28-21-8-3-2-7-20(21)25/h2-10,13-14,28H,11-12H2,1H3,(H,26,31)(H,27,32)(H,29,30). The zero-order valence-corrected chi connectivity index (χ0v) is 18.2. The van der Waals surface area contributed by atoms with E-state index in [4.69, 9.17) is 11.6 Å². The van der Waals surface area contributed by atoms with Crippen LogP contribution in [0.3, 0.4) is 0 Å². The van der Waals surface area contributed by atoms with Crippen molar-refractivity contribution in [3.05, 3.63) is 77.3 Å². The molecule has 0 fully saturated rings. The van der Waals surface area contributed by atoms with Gasteiger partial charge >= 0.3 is 0 Å². The van der Waals surface area contributed by atoms with Crippen LogP contribution in [0.4, 0.5) is 11.4 Å². The van der Waals surface area contributed by atoms with E-state index in [1.165, 1.54) is 6.92 Å². The smallest absolute Gasteiger partial charge is 0.251 e. The molecule has 8 heteroatoms. The summed E-state index contributed by atoms with van der Waals surface area (Å²) in [7, 11) is 0. The first-order valence-electron chi connectivity index (χ1n) is 10.1. The molecule has 0 saturated heterocycles. The summed E-state index contributed by atoms with van der Waals surface area (Å²) < 4.78 is 0. The third-order valence-corrected chi connectivity index (χ3v) is 5.23. The van der Waals surface area contributed by atoms with Gasteiger partial charge in [0.05, 0.1) is 21.9 Å². The van der Waals surface area contributed by atoms with Gasteiger partial charge in [-0.3, -0.25) is 14.7 Å². The number of hydrogen-bond acceptors (Lipinski definition) is 4. The molecule has 7 nitrogen and oxygen atoms in total. The molecule has 1 aromatic heterocycles. The number of halogens is 1. The fourth-order valence-corrected chi connectivity index (χ4v) is 3.54. The Balaban J connectivity index is 1.52. The van der Waals surface area contributed by atoms with Gasteiger partial charge < -0.3 is 16.0 Å². The number of nitrogens with one attached hydrogen (secondary N) is 4. The van der Waals surface area contributed by atoms with E-state index in [9.17, 15) is 9.59 Å². The Morgan fingerprint density at radius 2 is 1.78 bits per heavy atom. The molecule has 4 rings (SSSR count). The number of benzene rings is 3. The number of amides is 2. The van der Waals surface area contributed by atoms with Crippen molar-refractivity contribution in [2.45, 2.75) is 6.92 Å². The van der Waals surface area contributed by atoms with Crippen LogP contribution in [0.15, 0.2) is 66.7 Å². The predicted molar refractivity (Wildman–Crippen MR) is 127 cm³/mol. The number of nitrogens with zero attached hydrogens (tertiary/aromatic N) is 1. The highest BCUT2D eigenvalue weighted by atomic mass is 35.5. The summed E-state index contributed by atoms with van der Waals surface area (Å²) in [5, 5.41) is 17.9. The summed E-state index contributed by atoms with van der Waals surface area (Å²) in [6, 6.07) is 20.8. The van der Waals surface area contributed by atoms with Crippen LogP contribution in [-0.4, -0.2) is 35.1 Å².